The molecule has 2 aliphatic rings. The molecule has 0 radical (unpaired) electrons. The number of nitrogens with zero attached hydrogens (tertiary/aromatic N) is 3. The average Bonchev–Trinajstić information content (AvgIpc) is 3.17. The maximum absolute atomic E-state index is 13.2. The number of rotatable bonds is 4. The third-order valence-corrected chi connectivity index (χ3v) is 6.97. The molecular formula is C20H23BrN6O2S. The van der Waals surface area contributed by atoms with E-state index in [2.05, 4.69) is 36.4 Å². The fourth-order valence-electron chi connectivity index (χ4n) is 3.86. The Morgan fingerprint density at radius 1 is 1.27 bits per heavy atom. The second-order valence-corrected chi connectivity index (χ2v) is 9.48. The van der Waals surface area contributed by atoms with Crippen molar-refractivity contribution >= 4 is 49.2 Å². The molecule has 0 unspecified atom stereocenters. The molecule has 4 heterocycles. The SMILES string of the molecule is O=c1[nH]c(N2CCOCC2)nc(N[C@@H]2CCCNC2)c1-c1nc2cc(Br)ccc2s1. The first-order chi connectivity index (χ1) is 14.7. The summed E-state index contributed by atoms with van der Waals surface area (Å²) in [5.74, 6) is 1.19. The van der Waals surface area contributed by atoms with Gasteiger partial charge in [-0.25, -0.2) is 4.98 Å². The van der Waals surface area contributed by atoms with Gasteiger partial charge in [0.05, 0.1) is 23.4 Å². The summed E-state index contributed by atoms with van der Waals surface area (Å²) in [5.41, 5.74) is 1.21. The molecule has 0 amide bonds. The number of benzene rings is 1. The minimum atomic E-state index is -0.170. The van der Waals surface area contributed by atoms with Crippen molar-refractivity contribution in [2.75, 3.05) is 49.6 Å². The molecule has 2 fully saturated rings. The van der Waals surface area contributed by atoms with Gasteiger partial charge in [-0.3, -0.25) is 9.78 Å². The Morgan fingerprint density at radius 2 is 2.13 bits per heavy atom. The quantitative estimate of drug-likeness (QED) is 0.517. The molecule has 0 bridgehead atoms. The van der Waals surface area contributed by atoms with Gasteiger partial charge in [-0.15, -0.1) is 11.3 Å². The van der Waals surface area contributed by atoms with Gasteiger partial charge in [0.15, 0.2) is 0 Å². The van der Waals surface area contributed by atoms with Crippen molar-refractivity contribution in [2.24, 2.45) is 0 Å². The molecule has 0 aliphatic carbocycles. The number of morpholine rings is 1. The standard InChI is InChI=1S/C20H23BrN6O2S/c21-12-3-4-15-14(10-12)24-19(30-15)16-17(23-13-2-1-5-22-11-13)25-20(26-18(16)28)27-6-8-29-9-7-27/h3-4,10,13,22H,1-2,5-9,11H2,(H2,23,25,26,28)/t13-/m1/s1. The molecule has 30 heavy (non-hydrogen) atoms. The Morgan fingerprint density at radius 3 is 2.93 bits per heavy atom. The Bertz CT molecular complexity index is 1100. The van der Waals surface area contributed by atoms with E-state index in [9.17, 15) is 4.79 Å². The summed E-state index contributed by atoms with van der Waals surface area (Å²) in [7, 11) is 0. The molecule has 8 nitrogen and oxygen atoms in total. The van der Waals surface area contributed by atoms with Crippen molar-refractivity contribution in [3.63, 3.8) is 0 Å². The van der Waals surface area contributed by atoms with Crippen molar-refractivity contribution in [3.8, 4) is 10.6 Å². The zero-order chi connectivity index (χ0) is 20.5. The summed E-state index contributed by atoms with van der Waals surface area (Å²) >= 11 is 5.01. The van der Waals surface area contributed by atoms with Crippen molar-refractivity contribution in [2.45, 2.75) is 18.9 Å². The fraction of sp³-hybridized carbons (Fsp3) is 0.450. The van der Waals surface area contributed by atoms with E-state index < -0.39 is 0 Å². The smallest absolute Gasteiger partial charge is 0.264 e. The highest BCUT2D eigenvalue weighted by molar-refractivity contribution is 9.10. The van der Waals surface area contributed by atoms with Crippen LogP contribution in [-0.2, 0) is 4.74 Å². The highest BCUT2D eigenvalue weighted by Gasteiger charge is 2.23. The number of nitrogens with one attached hydrogen (secondary N) is 3. The van der Waals surface area contributed by atoms with Crippen molar-refractivity contribution in [3.05, 3.63) is 33.0 Å². The van der Waals surface area contributed by atoms with Crippen LogP contribution < -0.4 is 21.1 Å². The Hall–Kier alpha value is -2.01. The van der Waals surface area contributed by atoms with Gasteiger partial charge in [0.1, 0.15) is 16.4 Å². The molecule has 0 saturated carbocycles. The fourth-order valence-corrected chi connectivity index (χ4v) is 5.20. The molecule has 2 aliphatic heterocycles. The van der Waals surface area contributed by atoms with Gasteiger partial charge in [-0.05, 0) is 37.6 Å². The highest BCUT2D eigenvalue weighted by atomic mass is 79.9. The summed E-state index contributed by atoms with van der Waals surface area (Å²) in [5, 5.41) is 7.62. The van der Waals surface area contributed by atoms with Crippen LogP contribution in [-0.4, -0.2) is 60.4 Å². The van der Waals surface area contributed by atoms with Gasteiger partial charge < -0.3 is 20.3 Å². The molecule has 3 aromatic rings. The minimum Gasteiger partial charge on any atom is -0.378 e. The summed E-state index contributed by atoms with van der Waals surface area (Å²) < 4.78 is 7.45. The molecule has 158 valence electrons. The number of piperidine rings is 1. The third kappa shape index (κ3) is 4.09. The van der Waals surface area contributed by atoms with Gasteiger partial charge in [-0.2, -0.15) is 4.98 Å². The number of fused-ring (bicyclic) bond motifs is 1. The first-order valence-corrected chi connectivity index (χ1v) is 11.8. The molecule has 1 aromatic carbocycles. The lowest BCUT2D eigenvalue weighted by atomic mass is 10.1. The van der Waals surface area contributed by atoms with Gasteiger partial charge in [0, 0.05) is 30.1 Å². The molecule has 10 heteroatoms. The number of H-pyrrole nitrogens is 1. The van der Waals surface area contributed by atoms with E-state index in [0.717, 1.165) is 40.6 Å². The lowest BCUT2D eigenvalue weighted by molar-refractivity contribution is 0.122. The van der Waals surface area contributed by atoms with Gasteiger partial charge >= 0.3 is 0 Å². The molecule has 1 atom stereocenters. The second-order valence-electron chi connectivity index (χ2n) is 7.53. The van der Waals surface area contributed by atoms with Crippen molar-refractivity contribution in [1.29, 1.82) is 0 Å². The van der Waals surface area contributed by atoms with E-state index >= 15 is 0 Å². The van der Waals surface area contributed by atoms with E-state index in [4.69, 9.17) is 14.7 Å². The topological polar surface area (TPSA) is 95.2 Å². The first kappa shape index (κ1) is 19.9. The van der Waals surface area contributed by atoms with Gasteiger partial charge in [0.25, 0.3) is 5.56 Å². The number of hydrogen-bond acceptors (Lipinski definition) is 8. The van der Waals surface area contributed by atoms with Crippen LogP contribution in [0.1, 0.15) is 12.8 Å². The lowest BCUT2D eigenvalue weighted by Gasteiger charge is -2.29. The molecular weight excluding hydrogens is 468 g/mol. The van der Waals surface area contributed by atoms with Crippen LogP contribution in [0.25, 0.3) is 20.8 Å². The predicted molar refractivity (Wildman–Crippen MR) is 124 cm³/mol. The van der Waals surface area contributed by atoms with Crippen LogP contribution in [0.2, 0.25) is 0 Å². The zero-order valence-corrected chi connectivity index (χ0v) is 18.8. The number of thiazole rings is 1. The normalized spacial score (nSPS) is 19.9. The number of aromatic nitrogens is 3. The summed E-state index contributed by atoms with van der Waals surface area (Å²) in [6.07, 6.45) is 2.14. The van der Waals surface area contributed by atoms with Crippen LogP contribution >= 0.6 is 27.3 Å². The predicted octanol–water partition coefficient (Wildman–Crippen LogP) is 2.81. The third-order valence-electron chi connectivity index (χ3n) is 5.42. The zero-order valence-electron chi connectivity index (χ0n) is 16.4. The van der Waals surface area contributed by atoms with E-state index in [-0.39, 0.29) is 11.6 Å². The van der Waals surface area contributed by atoms with E-state index in [1.165, 1.54) is 11.3 Å². The number of ether oxygens (including phenoxy) is 1. The highest BCUT2D eigenvalue weighted by Crippen LogP contribution is 2.33. The van der Waals surface area contributed by atoms with Crippen LogP contribution in [0, 0.1) is 0 Å². The number of aromatic amines is 1. The van der Waals surface area contributed by atoms with Gasteiger partial charge in [-0.1, -0.05) is 15.9 Å². The maximum atomic E-state index is 13.2. The van der Waals surface area contributed by atoms with E-state index in [1.807, 2.05) is 18.2 Å². The summed E-state index contributed by atoms with van der Waals surface area (Å²) in [6, 6.07) is 6.20. The monoisotopic (exact) mass is 490 g/mol. The lowest BCUT2D eigenvalue weighted by Crippen LogP contribution is -2.40. The number of anilines is 2. The Kier molecular flexibility index (Phi) is 5.72. The molecule has 3 N–H and O–H groups in total. The summed E-state index contributed by atoms with van der Waals surface area (Å²) in [6.45, 7) is 4.57. The minimum absolute atomic E-state index is 0.170. The molecule has 2 saturated heterocycles. The average molecular weight is 491 g/mol. The molecule has 0 spiro atoms. The van der Waals surface area contributed by atoms with Crippen molar-refractivity contribution < 1.29 is 4.74 Å². The summed E-state index contributed by atoms with van der Waals surface area (Å²) in [4.78, 5) is 27.9. The van der Waals surface area contributed by atoms with E-state index in [1.54, 1.807) is 0 Å². The second kappa shape index (κ2) is 8.62. The van der Waals surface area contributed by atoms with Crippen LogP contribution in [0.5, 0.6) is 0 Å². The largest absolute Gasteiger partial charge is 0.378 e. The van der Waals surface area contributed by atoms with Crippen LogP contribution in [0.4, 0.5) is 11.8 Å². The van der Waals surface area contributed by atoms with Crippen LogP contribution in [0.3, 0.4) is 0 Å². The first-order valence-electron chi connectivity index (χ1n) is 10.2. The Balaban J connectivity index is 1.58. The van der Waals surface area contributed by atoms with E-state index in [0.29, 0.717) is 48.6 Å². The van der Waals surface area contributed by atoms with Gasteiger partial charge in [0.2, 0.25) is 5.95 Å². The molecule has 5 rings (SSSR count). The number of hydrogen-bond donors (Lipinski definition) is 3. The van der Waals surface area contributed by atoms with Crippen LogP contribution in [0.15, 0.2) is 27.5 Å². The number of halogens is 1. The van der Waals surface area contributed by atoms with Crippen molar-refractivity contribution in [1.82, 2.24) is 20.3 Å². The Labute approximate surface area is 186 Å². The molecule has 2 aromatic heterocycles. The maximum Gasteiger partial charge on any atom is 0.264 e.